The van der Waals surface area contributed by atoms with Gasteiger partial charge in [0.1, 0.15) is 11.4 Å². The first-order valence-corrected chi connectivity index (χ1v) is 5.58. The normalized spacial score (nSPS) is 16.9. The number of nitrogens with two attached hydrogens (primary N) is 1. The van der Waals surface area contributed by atoms with Crippen LogP contribution in [0.25, 0.3) is 0 Å². The summed E-state index contributed by atoms with van der Waals surface area (Å²) in [4.78, 5) is 0. The Morgan fingerprint density at radius 2 is 2.20 bits per heavy atom. The lowest BCUT2D eigenvalue weighted by molar-refractivity contribution is 0.621. The van der Waals surface area contributed by atoms with E-state index in [0.717, 1.165) is 12.8 Å². The molecule has 3 N–H and O–H groups in total. The Balaban J connectivity index is 2.30. The van der Waals surface area contributed by atoms with Gasteiger partial charge in [0.2, 0.25) is 0 Å². The van der Waals surface area contributed by atoms with E-state index in [9.17, 15) is 4.39 Å². The summed E-state index contributed by atoms with van der Waals surface area (Å²) >= 11 is 1.88. The summed E-state index contributed by atoms with van der Waals surface area (Å²) < 4.78 is 13.8. The molecule has 0 heterocycles. The fourth-order valence-corrected chi connectivity index (χ4v) is 1.81. The zero-order valence-corrected chi connectivity index (χ0v) is 10.0. The summed E-state index contributed by atoms with van der Waals surface area (Å²) in [5.41, 5.74) is 6.20. The number of nitrogens with zero attached hydrogens (tertiary/aromatic N) is 1. The van der Waals surface area contributed by atoms with Crippen LogP contribution >= 0.6 is 22.6 Å². The van der Waals surface area contributed by atoms with Crippen LogP contribution in [0.1, 0.15) is 12.8 Å². The average molecular weight is 317 g/mol. The van der Waals surface area contributed by atoms with Crippen molar-refractivity contribution in [2.45, 2.75) is 18.4 Å². The highest BCUT2D eigenvalue weighted by Crippen LogP contribution is 2.39. The summed E-state index contributed by atoms with van der Waals surface area (Å²) in [5.74, 6) is -0.318. The number of benzene rings is 1. The molecule has 0 atom stereocenters. The first-order chi connectivity index (χ1) is 7.06. The Morgan fingerprint density at radius 1 is 1.53 bits per heavy atom. The molecule has 15 heavy (non-hydrogen) atoms. The highest BCUT2D eigenvalue weighted by Gasteiger charge is 2.43. The van der Waals surface area contributed by atoms with Gasteiger partial charge in [-0.25, -0.2) is 4.39 Å². The topological polar surface area (TPSA) is 61.8 Å². The fourth-order valence-electron chi connectivity index (χ4n) is 1.32. The first-order valence-electron chi connectivity index (χ1n) is 4.50. The SMILES string of the molecule is N#CC1(Nc2cc(F)c(I)cc2N)CC1. The van der Waals surface area contributed by atoms with Crippen LogP contribution in [0, 0.1) is 20.7 Å². The smallest absolute Gasteiger partial charge is 0.138 e. The van der Waals surface area contributed by atoms with Crippen molar-refractivity contribution >= 4 is 34.0 Å². The van der Waals surface area contributed by atoms with E-state index in [1.807, 2.05) is 22.6 Å². The lowest BCUT2D eigenvalue weighted by Gasteiger charge is -2.13. The van der Waals surface area contributed by atoms with Gasteiger partial charge in [-0.15, -0.1) is 0 Å². The van der Waals surface area contributed by atoms with Gasteiger partial charge in [-0.3, -0.25) is 0 Å². The number of rotatable bonds is 2. The van der Waals surface area contributed by atoms with Crippen molar-refractivity contribution < 1.29 is 4.39 Å². The fraction of sp³-hybridized carbons (Fsp3) is 0.300. The highest BCUT2D eigenvalue weighted by molar-refractivity contribution is 14.1. The second-order valence-corrected chi connectivity index (χ2v) is 4.83. The average Bonchev–Trinajstić information content (AvgIpc) is 2.95. The zero-order valence-electron chi connectivity index (χ0n) is 7.85. The summed E-state index contributed by atoms with van der Waals surface area (Å²) in [5, 5.41) is 11.9. The molecule has 1 saturated carbocycles. The molecule has 0 bridgehead atoms. The molecule has 0 radical (unpaired) electrons. The number of hydrogen-bond acceptors (Lipinski definition) is 3. The number of anilines is 2. The molecule has 1 aliphatic carbocycles. The molecule has 0 spiro atoms. The van der Waals surface area contributed by atoms with E-state index >= 15 is 0 Å². The lowest BCUT2D eigenvalue weighted by atomic mass is 10.2. The minimum absolute atomic E-state index is 0.318. The van der Waals surface area contributed by atoms with Gasteiger partial charge in [0, 0.05) is 6.07 Å². The van der Waals surface area contributed by atoms with E-state index in [2.05, 4.69) is 11.4 Å². The predicted molar refractivity (Wildman–Crippen MR) is 64.7 cm³/mol. The number of halogens is 2. The van der Waals surface area contributed by atoms with Gasteiger partial charge >= 0.3 is 0 Å². The molecular formula is C10H9FIN3. The molecule has 3 nitrogen and oxygen atoms in total. The van der Waals surface area contributed by atoms with Crippen molar-refractivity contribution in [3.8, 4) is 6.07 Å². The minimum atomic E-state index is -0.520. The van der Waals surface area contributed by atoms with Gasteiger partial charge in [0.05, 0.1) is 21.0 Å². The first kappa shape index (κ1) is 10.5. The molecule has 1 aliphatic rings. The van der Waals surface area contributed by atoms with E-state index in [0.29, 0.717) is 14.9 Å². The Bertz CT molecular complexity index is 449. The van der Waals surface area contributed by atoms with Crippen LogP contribution in [-0.4, -0.2) is 5.54 Å². The summed E-state index contributed by atoms with van der Waals surface area (Å²) in [6.07, 6.45) is 1.58. The zero-order chi connectivity index (χ0) is 11.1. The molecule has 1 aromatic rings. The van der Waals surface area contributed by atoms with E-state index < -0.39 is 5.54 Å². The number of nitrogen functional groups attached to an aromatic ring is 1. The number of hydrogen-bond donors (Lipinski definition) is 2. The number of nitriles is 1. The standard InChI is InChI=1S/C10H9FIN3/c11-6-3-9(8(14)4-7(6)12)15-10(5-13)1-2-10/h3-4,15H,1-2,14H2. The molecule has 0 saturated heterocycles. The van der Waals surface area contributed by atoms with Crippen molar-refractivity contribution in [3.05, 3.63) is 21.5 Å². The number of nitrogens with one attached hydrogen (secondary N) is 1. The van der Waals surface area contributed by atoms with Crippen LogP contribution in [0.5, 0.6) is 0 Å². The maximum Gasteiger partial charge on any atom is 0.138 e. The van der Waals surface area contributed by atoms with Crippen molar-refractivity contribution in [1.82, 2.24) is 0 Å². The van der Waals surface area contributed by atoms with Crippen molar-refractivity contribution in [2.24, 2.45) is 0 Å². The monoisotopic (exact) mass is 317 g/mol. The third-order valence-corrected chi connectivity index (χ3v) is 3.26. The molecular weight excluding hydrogens is 308 g/mol. The third kappa shape index (κ3) is 2.00. The van der Waals surface area contributed by atoms with Crippen molar-refractivity contribution in [3.63, 3.8) is 0 Å². The van der Waals surface area contributed by atoms with Crippen LogP contribution in [-0.2, 0) is 0 Å². The Hall–Kier alpha value is -1.03. The molecule has 0 unspecified atom stereocenters. The van der Waals surface area contributed by atoms with Gasteiger partial charge in [-0.1, -0.05) is 0 Å². The molecule has 78 valence electrons. The highest BCUT2D eigenvalue weighted by atomic mass is 127. The van der Waals surface area contributed by atoms with Crippen LogP contribution < -0.4 is 11.1 Å². The Morgan fingerprint density at radius 3 is 2.73 bits per heavy atom. The summed E-state index contributed by atoms with van der Waals surface area (Å²) in [6.45, 7) is 0. The van der Waals surface area contributed by atoms with Gasteiger partial charge in [-0.2, -0.15) is 5.26 Å². The molecule has 0 aromatic heterocycles. The maximum absolute atomic E-state index is 13.3. The van der Waals surface area contributed by atoms with Crippen LogP contribution in [0.2, 0.25) is 0 Å². The molecule has 0 aliphatic heterocycles. The quantitative estimate of drug-likeness (QED) is 0.651. The van der Waals surface area contributed by atoms with E-state index in [1.165, 1.54) is 6.07 Å². The van der Waals surface area contributed by atoms with E-state index in [1.54, 1.807) is 6.07 Å². The van der Waals surface area contributed by atoms with E-state index in [-0.39, 0.29) is 5.82 Å². The van der Waals surface area contributed by atoms with Crippen LogP contribution in [0.4, 0.5) is 15.8 Å². The second kappa shape index (κ2) is 3.52. The van der Waals surface area contributed by atoms with Gasteiger partial charge in [-0.05, 0) is 41.5 Å². The maximum atomic E-state index is 13.3. The summed E-state index contributed by atoms with van der Waals surface area (Å²) in [6, 6.07) is 5.07. The molecule has 5 heteroatoms. The molecule has 0 amide bonds. The largest absolute Gasteiger partial charge is 0.397 e. The van der Waals surface area contributed by atoms with Crippen molar-refractivity contribution in [2.75, 3.05) is 11.1 Å². The van der Waals surface area contributed by atoms with Crippen molar-refractivity contribution in [1.29, 1.82) is 5.26 Å². The second-order valence-electron chi connectivity index (χ2n) is 3.67. The lowest BCUT2D eigenvalue weighted by Crippen LogP contribution is -2.19. The minimum Gasteiger partial charge on any atom is -0.397 e. The molecule has 1 aromatic carbocycles. The predicted octanol–water partition coefficient (Wildman–Crippen LogP) is 2.48. The summed E-state index contributed by atoms with van der Waals surface area (Å²) in [7, 11) is 0. The molecule has 2 rings (SSSR count). The van der Waals surface area contributed by atoms with Gasteiger partial charge < -0.3 is 11.1 Å². The third-order valence-electron chi connectivity index (χ3n) is 2.43. The molecule has 1 fully saturated rings. The Kier molecular flexibility index (Phi) is 2.46. The van der Waals surface area contributed by atoms with Gasteiger partial charge in [0.15, 0.2) is 0 Å². The van der Waals surface area contributed by atoms with E-state index in [4.69, 9.17) is 11.0 Å². The van der Waals surface area contributed by atoms with Crippen LogP contribution in [0.15, 0.2) is 12.1 Å². The Labute approximate surface area is 101 Å². The van der Waals surface area contributed by atoms with Gasteiger partial charge in [0.25, 0.3) is 0 Å². The van der Waals surface area contributed by atoms with Crippen LogP contribution in [0.3, 0.4) is 0 Å².